The Labute approximate surface area is 156 Å². The van der Waals surface area contributed by atoms with Gasteiger partial charge in [-0.2, -0.15) is 0 Å². The van der Waals surface area contributed by atoms with E-state index in [0.29, 0.717) is 23.6 Å². The van der Waals surface area contributed by atoms with Crippen LogP contribution in [0.4, 0.5) is 10.1 Å². The van der Waals surface area contributed by atoms with E-state index in [2.05, 4.69) is 11.8 Å². The molecule has 0 amide bonds. The zero-order chi connectivity index (χ0) is 19.3. The number of benzene rings is 1. The number of nitrogens with zero attached hydrogens (tertiary/aromatic N) is 2. The van der Waals surface area contributed by atoms with Crippen molar-refractivity contribution in [1.82, 2.24) is 4.57 Å². The number of piperidine rings is 1. The predicted octanol–water partition coefficient (Wildman–Crippen LogP) is 3.23. The molecule has 0 radical (unpaired) electrons. The van der Waals surface area contributed by atoms with Crippen molar-refractivity contribution in [1.29, 1.82) is 0 Å². The highest BCUT2D eigenvalue weighted by Crippen LogP contribution is 2.44. The Hall–Kier alpha value is -2.57. The van der Waals surface area contributed by atoms with E-state index in [9.17, 15) is 19.1 Å². The Morgan fingerprint density at radius 3 is 2.52 bits per heavy atom. The normalized spacial score (nSPS) is 22.9. The van der Waals surface area contributed by atoms with E-state index in [-0.39, 0.29) is 10.9 Å². The molecule has 1 aliphatic heterocycles. The molecule has 2 unspecified atom stereocenters. The average molecular weight is 374 g/mol. The quantitative estimate of drug-likeness (QED) is 0.890. The third kappa shape index (κ3) is 2.95. The lowest BCUT2D eigenvalue weighted by atomic mass is 9.98. The van der Waals surface area contributed by atoms with Gasteiger partial charge < -0.3 is 19.3 Å². The number of anilines is 1. The molecule has 1 aromatic carbocycles. The molecule has 6 nitrogen and oxygen atoms in total. The molecule has 2 heterocycles. The molecule has 2 atom stereocenters. The third-order valence-corrected chi connectivity index (χ3v) is 5.72. The molecule has 2 fully saturated rings. The van der Waals surface area contributed by atoms with Gasteiger partial charge in [0.05, 0.1) is 29.7 Å². The number of alkyl halides is 1. The second kappa shape index (κ2) is 6.55. The summed E-state index contributed by atoms with van der Waals surface area (Å²) in [5.74, 6) is -0.127. The lowest BCUT2D eigenvalue weighted by Gasteiger charge is -2.33. The van der Waals surface area contributed by atoms with Gasteiger partial charge in [-0.1, -0.05) is 6.92 Å². The van der Waals surface area contributed by atoms with Gasteiger partial charge in [0.25, 0.3) is 0 Å². The van der Waals surface area contributed by atoms with Gasteiger partial charge in [0.15, 0.2) is 5.75 Å². The van der Waals surface area contributed by atoms with Gasteiger partial charge >= 0.3 is 5.97 Å². The van der Waals surface area contributed by atoms with Crippen LogP contribution in [-0.4, -0.2) is 42.0 Å². The van der Waals surface area contributed by atoms with Gasteiger partial charge in [-0.15, -0.1) is 0 Å². The SMILES string of the molecule is COc1c(N2CCC(C)CC2)ccc2c(=O)c(C(=O)O)cn(C3CC3F)c12. The molecule has 1 saturated heterocycles. The summed E-state index contributed by atoms with van der Waals surface area (Å²) < 4.78 is 21.1. The third-order valence-electron chi connectivity index (χ3n) is 5.72. The zero-order valence-electron chi connectivity index (χ0n) is 15.4. The van der Waals surface area contributed by atoms with Crippen molar-refractivity contribution in [2.24, 2.45) is 5.92 Å². The van der Waals surface area contributed by atoms with Gasteiger partial charge in [-0.3, -0.25) is 4.79 Å². The number of hydrogen-bond acceptors (Lipinski definition) is 4. The minimum atomic E-state index is -1.31. The molecule has 144 valence electrons. The average Bonchev–Trinajstić information content (AvgIpc) is 3.38. The summed E-state index contributed by atoms with van der Waals surface area (Å²) in [5, 5.41) is 9.63. The Bertz CT molecular complexity index is 963. The van der Waals surface area contributed by atoms with Crippen molar-refractivity contribution in [2.75, 3.05) is 25.1 Å². The number of carboxylic acid groups (broad SMARTS) is 1. The number of carbonyl (C=O) groups is 1. The fourth-order valence-corrected chi connectivity index (χ4v) is 3.96. The monoisotopic (exact) mass is 374 g/mol. The van der Waals surface area contributed by atoms with Gasteiger partial charge in [-0.25, -0.2) is 9.18 Å². The van der Waals surface area contributed by atoms with E-state index < -0.39 is 23.6 Å². The minimum Gasteiger partial charge on any atom is -0.492 e. The first-order valence-electron chi connectivity index (χ1n) is 9.30. The molecular weight excluding hydrogens is 351 g/mol. The van der Waals surface area contributed by atoms with E-state index in [4.69, 9.17) is 4.74 Å². The lowest BCUT2D eigenvalue weighted by Crippen LogP contribution is -2.33. The number of carboxylic acids is 1. The van der Waals surface area contributed by atoms with Crippen LogP contribution >= 0.6 is 0 Å². The summed E-state index contributed by atoms with van der Waals surface area (Å²) >= 11 is 0. The maximum absolute atomic E-state index is 13.9. The maximum Gasteiger partial charge on any atom is 0.341 e. The number of halogens is 1. The summed E-state index contributed by atoms with van der Waals surface area (Å²) in [5.41, 5.74) is 0.433. The van der Waals surface area contributed by atoms with Crippen LogP contribution in [0.15, 0.2) is 23.1 Å². The molecule has 4 rings (SSSR count). The molecule has 1 saturated carbocycles. The summed E-state index contributed by atoms with van der Waals surface area (Å²) in [6.07, 6.45) is 2.68. The number of fused-ring (bicyclic) bond motifs is 1. The van der Waals surface area contributed by atoms with Gasteiger partial charge in [0.2, 0.25) is 5.43 Å². The Morgan fingerprint density at radius 2 is 1.96 bits per heavy atom. The van der Waals surface area contributed by atoms with Gasteiger partial charge in [0, 0.05) is 25.7 Å². The van der Waals surface area contributed by atoms with Crippen molar-refractivity contribution >= 4 is 22.6 Å². The van der Waals surface area contributed by atoms with Crippen LogP contribution in [0, 0.1) is 5.92 Å². The number of pyridine rings is 1. The highest BCUT2D eigenvalue weighted by Gasteiger charge is 2.41. The second-order valence-corrected chi connectivity index (χ2v) is 7.59. The smallest absolute Gasteiger partial charge is 0.341 e. The largest absolute Gasteiger partial charge is 0.492 e. The number of methoxy groups -OCH3 is 1. The lowest BCUT2D eigenvalue weighted by molar-refractivity contribution is 0.0694. The maximum atomic E-state index is 13.9. The molecular formula is C20H23FN2O4. The molecule has 27 heavy (non-hydrogen) atoms. The van der Waals surface area contributed by atoms with Gasteiger partial charge in [-0.05, 0) is 30.9 Å². The first-order valence-corrected chi connectivity index (χ1v) is 9.30. The number of ether oxygens (including phenoxy) is 1. The standard InChI is InChI=1S/C20H23FN2O4/c1-11-5-7-22(8-6-11)15-4-3-12-17(19(15)27-2)23(16-9-14(16)21)10-13(18(12)24)20(25)26/h3-4,10-11,14,16H,5-9H2,1-2H3,(H,25,26). The van der Waals surface area contributed by atoms with E-state index in [1.54, 1.807) is 10.6 Å². The molecule has 1 aromatic heterocycles. The van der Waals surface area contributed by atoms with Crippen molar-refractivity contribution < 1.29 is 19.0 Å². The summed E-state index contributed by atoms with van der Waals surface area (Å²) in [4.78, 5) is 26.4. The van der Waals surface area contributed by atoms with Crippen molar-refractivity contribution in [3.63, 3.8) is 0 Å². The zero-order valence-corrected chi connectivity index (χ0v) is 15.4. The van der Waals surface area contributed by atoms with Crippen molar-refractivity contribution in [2.45, 2.75) is 38.4 Å². The molecule has 0 bridgehead atoms. The summed E-state index contributed by atoms with van der Waals surface area (Å²) in [7, 11) is 1.53. The summed E-state index contributed by atoms with van der Waals surface area (Å²) in [6, 6.07) is 3.00. The molecule has 2 aliphatic rings. The van der Waals surface area contributed by atoms with E-state index in [1.165, 1.54) is 13.3 Å². The van der Waals surface area contributed by atoms with Crippen LogP contribution in [0.1, 0.15) is 42.6 Å². The molecule has 0 spiro atoms. The fraction of sp³-hybridized carbons (Fsp3) is 0.500. The summed E-state index contributed by atoms with van der Waals surface area (Å²) in [6.45, 7) is 4.00. The van der Waals surface area contributed by atoms with Gasteiger partial charge in [0.1, 0.15) is 11.7 Å². The van der Waals surface area contributed by atoms with Crippen molar-refractivity contribution in [3.05, 3.63) is 34.1 Å². The van der Waals surface area contributed by atoms with Crippen LogP contribution in [0.3, 0.4) is 0 Å². The number of aromatic carboxylic acids is 1. The number of hydrogen-bond donors (Lipinski definition) is 1. The minimum absolute atomic E-state index is 0.250. The number of rotatable bonds is 4. The fourth-order valence-electron chi connectivity index (χ4n) is 3.96. The van der Waals surface area contributed by atoms with Crippen LogP contribution < -0.4 is 15.1 Å². The topological polar surface area (TPSA) is 71.8 Å². The van der Waals surface area contributed by atoms with Crippen LogP contribution in [0.25, 0.3) is 10.9 Å². The molecule has 1 N–H and O–H groups in total. The van der Waals surface area contributed by atoms with E-state index in [1.807, 2.05) is 6.07 Å². The Balaban J connectivity index is 1.95. The van der Waals surface area contributed by atoms with E-state index in [0.717, 1.165) is 31.6 Å². The second-order valence-electron chi connectivity index (χ2n) is 7.59. The van der Waals surface area contributed by atoms with E-state index >= 15 is 0 Å². The Morgan fingerprint density at radius 1 is 1.30 bits per heavy atom. The first kappa shape index (κ1) is 17.8. The number of aromatic nitrogens is 1. The van der Waals surface area contributed by atoms with Crippen molar-refractivity contribution in [3.8, 4) is 5.75 Å². The molecule has 2 aromatic rings. The molecule has 7 heteroatoms. The van der Waals surface area contributed by atoms with Crippen LogP contribution in [-0.2, 0) is 0 Å². The predicted molar refractivity (Wildman–Crippen MR) is 101 cm³/mol. The van der Waals surface area contributed by atoms with Crippen LogP contribution in [0.5, 0.6) is 5.75 Å². The highest BCUT2D eigenvalue weighted by atomic mass is 19.1. The first-order chi connectivity index (χ1) is 12.9. The Kier molecular flexibility index (Phi) is 4.32. The molecule has 1 aliphatic carbocycles. The highest BCUT2D eigenvalue weighted by molar-refractivity contribution is 5.97. The van der Waals surface area contributed by atoms with Crippen LogP contribution in [0.2, 0.25) is 0 Å².